The summed E-state index contributed by atoms with van der Waals surface area (Å²) >= 11 is 5.99. The number of hydrogen-bond donors (Lipinski definition) is 1. The van der Waals surface area contributed by atoms with Crippen LogP contribution in [0.1, 0.15) is 13.8 Å². The Morgan fingerprint density at radius 2 is 1.88 bits per heavy atom. The van der Waals surface area contributed by atoms with Crippen LogP contribution >= 0.6 is 31.9 Å². The minimum atomic E-state index is -3.77. The van der Waals surface area contributed by atoms with Gasteiger partial charge in [0.15, 0.2) is 18.4 Å². The van der Waals surface area contributed by atoms with Crippen molar-refractivity contribution in [1.29, 1.82) is 0 Å². The maximum Gasteiger partial charge on any atom is 0.328 e. The van der Waals surface area contributed by atoms with E-state index in [9.17, 15) is 18.0 Å². The van der Waals surface area contributed by atoms with Gasteiger partial charge < -0.3 is 10.0 Å². The van der Waals surface area contributed by atoms with Crippen LogP contribution in [0.3, 0.4) is 0 Å². The Bertz CT molecular complexity index is 526. The number of hydrogen-bond acceptors (Lipinski definition) is 4. The molecule has 0 saturated carbocycles. The Labute approximate surface area is 115 Å². The number of carbonyl (C=O) groups is 2. The largest absolute Gasteiger partial charge is 0.480 e. The molecule has 0 bridgehead atoms. The number of carboxylic acid groups (broad SMARTS) is 1. The summed E-state index contributed by atoms with van der Waals surface area (Å²) in [6.45, 7) is 2.64. The topological polar surface area (TPSA) is 91.8 Å². The van der Waals surface area contributed by atoms with E-state index in [1.165, 1.54) is 13.8 Å². The van der Waals surface area contributed by atoms with Crippen molar-refractivity contribution in [3.8, 4) is 0 Å². The Morgan fingerprint density at radius 1 is 1.41 bits per heavy atom. The van der Waals surface area contributed by atoms with Gasteiger partial charge in [0, 0.05) is 0 Å². The average Bonchev–Trinajstić information content (AvgIpc) is 2.29. The molecule has 9 heteroatoms. The normalized spacial score (nSPS) is 36.2. The van der Waals surface area contributed by atoms with Gasteiger partial charge in [0.05, 0.1) is 0 Å². The third kappa shape index (κ3) is 1.27. The highest BCUT2D eigenvalue weighted by Crippen LogP contribution is 2.56. The first-order valence-electron chi connectivity index (χ1n) is 4.64. The first kappa shape index (κ1) is 13.3. The van der Waals surface area contributed by atoms with Crippen LogP contribution in [0, 0.1) is 0 Å². The molecule has 17 heavy (non-hydrogen) atoms. The van der Waals surface area contributed by atoms with Crippen LogP contribution in [0.5, 0.6) is 0 Å². The molecule has 0 aromatic heterocycles. The van der Waals surface area contributed by atoms with E-state index in [1.54, 1.807) is 0 Å². The number of alkyl halides is 2. The molecule has 2 aliphatic heterocycles. The maximum absolute atomic E-state index is 12.2. The lowest BCUT2D eigenvalue weighted by Crippen LogP contribution is -2.69. The second-order valence-electron chi connectivity index (χ2n) is 4.58. The predicted molar refractivity (Wildman–Crippen MR) is 65.6 cm³/mol. The summed E-state index contributed by atoms with van der Waals surface area (Å²) in [5.74, 6) is -1.89. The van der Waals surface area contributed by atoms with Crippen LogP contribution < -0.4 is 0 Å². The summed E-state index contributed by atoms with van der Waals surface area (Å²) in [5.41, 5.74) is 0. The van der Waals surface area contributed by atoms with Gasteiger partial charge in [-0.1, -0.05) is 31.9 Å². The lowest BCUT2D eigenvalue weighted by atomic mass is 9.98. The lowest BCUT2D eigenvalue weighted by molar-refractivity contribution is -0.157. The number of aliphatic carboxylic acids is 1. The summed E-state index contributed by atoms with van der Waals surface area (Å²) in [6, 6.07) is -1.35. The molecule has 1 amide bonds. The van der Waals surface area contributed by atoms with Crippen molar-refractivity contribution in [1.82, 2.24) is 4.90 Å². The third-order valence-electron chi connectivity index (χ3n) is 3.28. The molecule has 0 spiro atoms. The molecule has 1 N–H and O–H groups in total. The maximum atomic E-state index is 12.2. The number of β-lactam (4-membered cyclic amide) rings is 1. The molecule has 0 aromatic rings. The molecule has 0 unspecified atom stereocenters. The number of fused-ring (bicyclic) bond motifs is 1. The van der Waals surface area contributed by atoms with E-state index in [0.29, 0.717) is 0 Å². The van der Waals surface area contributed by atoms with Crippen LogP contribution in [-0.2, 0) is 19.4 Å². The highest BCUT2D eigenvalue weighted by atomic mass is 79.9. The number of carboxylic acids is 1. The lowest BCUT2D eigenvalue weighted by Gasteiger charge is -2.45. The van der Waals surface area contributed by atoms with E-state index in [4.69, 9.17) is 5.11 Å². The van der Waals surface area contributed by atoms with Gasteiger partial charge >= 0.3 is 5.97 Å². The highest BCUT2D eigenvalue weighted by molar-refractivity contribution is 9.26. The molecular weight excluding hydrogens is 382 g/mol. The molecule has 2 fully saturated rings. The fourth-order valence-corrected chi connectivity index (χ4v) is 6.72. The number of nitrogens with zero attached hydrogens (tertiary/aromatic N) is 1. The molecule has 0 radical (unpaired) electrons. The van der Waals surface area contributed by atoms with Gasteiger partial charge in [0.25, 0.3) is 5.91 Å². The van der Waals surface area contributed by atoms with E-state index in [2.05, 4.69) is 31.9 Å². The quantitative estimate of drug-likeness (QED) is 0.513. The second-order valence-corrected chi connectivity index (χ2v) is 10.7. The van der Waals surface area contributed by atoms with E-state index in [1.807, 2.05) is 0 Å². The monoisotopic (exact) mass is 389 g/mol. The average molecular weight is 391 g/mol. The zero-order chi connectivity index (χ0) is 13.4. The van der Waals surface area contributed by atoms with Crippen molar-refractivity contribution < 1.29 is 23.1 Å². The Kier molecular flexibility index (Phi) is 2.53. The van der Waals surface area contributed by atoms with Crippen molar-refractivity contribution in [3.63, 3.8) is 0 Å². The van der Waals surface area contributed by atoms with E-state index < -0.39 is 41.1 Å². The van der Waals surface area contributed by atoms with Crippen LogP contribution in [-0.4, -0.2) is 49.7 Å². The molecule has 2 atom stereocenters. The van der Waals surface area contributed by atoms with E-state index >= 15 is 0 Å². The number of halogens is 2. The zero-order valence-electron chi connectivity index (χ0n) is 8.85. The first-order valence-corrected chi connectivity index (χ1v) is 7.77. The van der Waals surface area contributed by atoms with E-state index in [0.717, 1.165) is 4.90 Å². The first-order chi connectivity index (χ1) is 7.47. The predicted octanol–water partition coefficient (Wildman–Crippen LogP) is 0.301. The van der Waals surface area contributed by atoms with Gasteiger partial charge in [-0.15, -0.1) is 0 Å². The minimum absolute atomic E-state index is 0.580. The standard InChI is InChI=1S/C8H9Br2NO5S/c1-7(2)3(4(12)13)11-5(14)8(9,10)6(11)17(7,15)16/h3,6H,1-2H3,(H,12,13)/t3-,6-/m1/s1. The molecule has 2 rings (SSSR count). The summed E-state index contributed by atoms with van der Waals surface area (Å²) in [4.78, 5) is 23.8. The van der Waals surface area contributed by atoms with Gasteiger partial charge in [-0.2, -0.15) is 0 Å². The molecule has 2 aliphatic rings. The van der Waals surface area contributed by atoms with Crippen LogP contribution in [0.2, 0.25) is 0 Å². The molecular formula is C8H9Br2NO5S. The van der Waals surface area contributed by atoms with Gasteiger partial charge in [0.1, 0.15) is 10.8 Å². The van der Waals surface area contributed by atoms with Crippen molar-refractivity contribution in [3.05, 3.63) is 0 Å². The number of amides is 1. The van der Waals surface area contributed by atoms with Crippen molar-refractivity contribution in [2.75, 3.05) is 0 Å². The molecule has 96 valence electrons. The fraction of sp³-hybridized carbons (Fsp3) is 0.750. The van der Waals surface area contributed by atoms with Gasteiger partial charge in [-0.25, -0.2) is 13.2 Å². The van der Waals surface area contributed by atoms with Gasteiger partial charge in [-0.3, -0.25) is 4.79 Å². The second kappa shape index (κ2) is 3.24. The molecule has 2 saturated heterocycles. The van der Waals surface area contributed by atoms with Gasteiger partial charge in [-0.05, 0) is 13.8 Å². The van der Waals surface area contributed by atoms with Crippen molar-refractivity contribution in [2.24, 2.45) is 0 Å². The molecule has 6 nitrogen and oxygen atoms in total. The van der Waals surface area contributed by atoms with Crippen molar-refractivity contribution in [2.45, 2.75) is 33.2 Å². The van der Waals surface area contributed by atoms with Gasteiger partial charge in [0.2, 0.25) is 0 Å². The number of carbonyl (C=O) groups excluding carboxylic acids is 1. The fourth-order valence-electron chi connectivity index (χ4n) is 2.28. The zero-order valence-corrected chi connectivity index (χ0v) is 12.8. The molecule has 0 aromatic carbocycles. The summed E-state index contributed by atoms with van der Waals surface area (Å²) in [7, 11) is -3.77. The third-order valence-corrected chi connectivity index (χ3v) is 8.29. The highest BCUT2D eigenvalue weighted by Gasteiger charge is 2.77. The smallest absolute Gasteiger partial charge is 0.328 e. The summed E-state index contributed by atoms with van der Waals surface area (Å²) in [5, 5.41) is 7.92. The van der Waals surface area contributed by atoms with E-state index in [-0.39, 0.29) is 0 Å². The Balaban J connectivity index is 2.65. The minimum Gasteiger partial charge on any atom is -0.480 e. The van der Waals surface area contributed by atoms with Crippen LogP contribution in [0.15, 0.2) is 0 Å². The number of rotatable bonds is 1. The van der Waals surface area contributed by atoms with Crippen LogP contribution in [0.4, 0.5) is 0 Å². The Hall–Kier alpha value is -0.150. The molecule has 2 heterocycles. The summed E-state index contributed by atoms with van der Waals surface area (Å²) in [6.07, 6.45) is 0. The van der Waals surface area contributed by atoms with Crippen molar-refractivity contribution >= 4 is 53.6 Å². The number of sulfone groups is 1. The SMILES string of the molecule is CC1(C)[C@@H](C(=O)O)N2C(=O)C(Br)(Br)[C@H]2S1(=O)=O. The molecule has 0 aliphatic carbocycles. The Morgan fingerprint density at radius 3 is 2.29 bits per heavy atom. The van der Waals surface area contributed by atoms with Crippen LogP contribution in [0.25, 0.3) is 0 Å². The summed E-state index contributed by atoms with van der Waals surface area (Å²) < 4.78 is 21.6.